The molecule has 1 aliphatic rings. The number of imidazole rings is 1. The van der Waals surface area contributed by atoms with Gasteiger partial charge in [-0.25, -0.2) is 9.78 Å². The van der Waals surface area contributed by atoms with Crippen LogP contribution in [0.5, 0.6) is 0 Å². The van der Waals surface area contributed by atoms with Gasteiger partial charge < -0.3 is 9.16 Å². The Bertz CT molecular complexity index is 826. The van der Waals surface area contributed by atoms with Gasteiger partial charge in [-0.1, -0.05) is 33.4 Å². The van der Waals surface area contributed by atoms with E-state index in [9.17, 15) is 4.79 Å². The Hall–Kier alpha value is -1.64. The molecular formula is C20H31N3O3SSi. The molecule has 0 spiro atoms. The van der Waals surface area contributed by atoms with Gasteiger partial charge in [0, 0.05) is 29.5 Å². The minimum Gasteiger partial charge on any atom is -0.445 e. The second-order valence-corrected chi connectivity index (χ2v) is 12.0. The van der Waals surface area contributed by atoms with Gasteiger partial charge in [-0.15, -0.1) is 11.3 Å². The van der Waals surface area contributed by atoms with Crippen LogP contribution in [0.15, 0.2) is 30.6 Å². The summed E-state index contributed by atoms with van der Waals surface area (Å²) in [6.07, 6.45) is 6.40. The van der Waals surface area contributed by atoms with Crippen molar-refractivity contribution in [3.05, 3.63) is 36.3 Å². The van der Waals surface area contributed by atoms with Gasteiger partial charge in [-0.3, -0.25) is 9.30 Å². The zero-order chi connectivity index (χ0) is 20.5. The fourth-order valence-corrected chi connectivity index (χ4v) is 5.69. The maximum atomic E-state index is 13.0. The van der Waals surface area contributed by atoms with Crippen LogP contribution in [0.25, 0.3) is 4.83 Å². The third-order valence-electron chi connectivity index (χ3n) is 5.27. The molecule has 154 valence electrons. The minimum absolute atomic E-state index is 0.0264. The lowest BCUT2D eigenvalue weighted by Gasteiger charge is -2.36. The molecule has 2 aromatic rings. The van der Waals surface area contributed by atoms with Crippen molar-refractivity contribution >= 4 is 31.3 Å². The van der Waals surface area contributed by atoms with E-state index in [4.69, 9.17) is 9.16 Å². The lowest BCUT2D eigenvalue weighted by Crippen LogP contribution is -2.48. The molecule has 0 aliphatic carbocycles. The highest BCUT2D eigenvalue weighted by Crippen LogP contribution is 2.43. The van der Waals surface area contributed by atoms with Crippen LogP contribution < -0.4 is 0 Å². The van der Waals surface area contributed by atoms with Gasteiger partial charge in [0.05, 0.1) is 6.20 Å². The molecule has 2 aromatic heterocycles. The van der Waals surface area contributed by atoms with Crippen molar-refractivity contribution in [2.75, 3.05) is 6.61 Å². The van der Waals surface area contributed by atoms with Crippen LogP contribution in [0.4, 0.5) is 4.79 Å². The molecule has 3 unspecified atom stereocenters. The molecule has 0 aromatic carbocycles. The van der Waals surface area contributed by atoms with Crippen LogP contribution in [0, 0.1) is 11.3 Å². The van der Waals surface area contributed by atoms with E-state index < -0.39 is 9.04 Å². The Morgan fingerprint density at radius 2 is 2.21 bits per heavy atom. The number of fused-ring (bicyclic) bond motifs is 1. The van der Waals surface area contributed by atoms with Gasteiger partial charge in [-0.2, -0.15) is 0 Å². The first-order chi connectivity index (χ1) is 13.2. The monoisotopic (exact) mass is 421 g/mol. The van der Waals surface area contributed by atoms with Crippen molar-refractivity contribution in [2.45, 2.75) is 59.0 Å². The number of hydrogen-bond donors (Lipinski definition) is 0. The molecule has 1 amide bonds. The van der Waals surface area contributed by atoms with Gasteiger partial charge in [0.1, 0.15) is 24.0 Å². The van der Waals surface area contributed by atoms with E-state index in [1.165, 1.54) is 5.69 Å². The molecule has 0 saturated carbocycles. The van der Waals surface area contributed by atoms with E-state index in [1.807, 2.05) is 17.4 Å². The predicted octanol–water partition coefficient (Wildman–Crippen LogP) is 4.32. The molecule has 1 fully saturated rings. The maximum absolute atomic E-state index is 13.0. The van der Waals surface area contributed by atoms with Crippen LogP contribution in [0.2, 0.25) is 13.1 Å². The first-order valence-corrected chi connectivity index (χ1v) is 13.5. The number of ether oxygens (including phenoxy) is 1. The first kappa shape index (κ1) is 21.1. The summed E-state index contributed by atoms with van der Waals surface area (Å²) >= 11 is 1.67. The molecule has 1 saturated heterocycles. The first-order valence-electron chi connectivity index (χ1n) is 9.82. The number of nitrogens with zero attached hydrogens (tertiary/aromatic N) is 3. The Labute approximate surface area is 172 Å². The standard InChI is InChI=1S/C20H31N3O3SSi/c1-7-8-25-19(24)23-14(9-15-12-27-17-11-21-13-22(15)17)10-16(20(2,3)4)18(23)26-28(5)6/h7,11-14,16,18,28H,1,8-10H2,2-6H3. The van der Waals surface area contributed by atoms with Crippen LogP contribution >= 0.6 is 11.3 Å². The van der Waals surface area contributed by atoms with Crippen molar-refractivity contribution in [1.29, 1.82) is 0 Å². The minimum atomic E-state index is -1.35. The third-order valence-corrected chi connectivity index (χ3v) is 7.03. The second kappa shape index (κ2) is 8.38. The zero-order valence-corrected chi connectivity index (χ0v) is 19.4. The number of aromatic nitrogens is 2. The molecule has 1 aliphatic heterocycles. The number of carbonyl (C=O) groups is 1. The number of likely N-dealkylation sites (tertiary alicyclic amines) is 1. The number of carbonyl (C=O) groups excluding carboxylic acids is 1. The normalized spacial score (nSPS) is 22.9. The third kappa shape index (κ3) is 4.34. The summed E-state index contributed by atoms with van der Waals surface area (Å²) in [6, 6.07) is 0.0273. The number of amides is 1. The van der Waals surface area contributed by atoms with E-state index in [0.717, 1.165) is 17.7 Å². The Morgan fingerprint density at radius 1 is 1.46 bits per heavy atom. The largest absolute Gasteiger partial charge is 0.445 e. The van der Waals surface area contributed by atoms with E-state index >= 15 is 0 Å². The summed E-state index contributed by atoms with van der Waals surface area (Å²) in [7, 11) is -1.35. The summed E-state index contributed by atoms with van der Waals surface area (Å²) < 4.78 is 14.0. The smallest absolute Gasteiger partial charge is 0.412 e. The van der Waals surface area contributed by atoms with E-state index in [2.05, 4.69) is 55.2 Å². The lowest BCUT2D eigenvalue weighted by molar-refractivity contribution is -0.0131. The molecule has 3 heterocycles. The second-order valence-electron chi connectivity index (χ2n) is 8.74. The van der Waals surface area contributed by atoms with Crippen molar-refractivity contribution in [1.82, 2.24) is 14.3 Å². The van der Waals surface area contributed by atoms with Crippen molar-refractivity contribution in [3.8, 4) is 0 Å². The molecule has 28 heavy (non-hydrogen) atoms. The number of thiazole rings is 1. The average molecular weight is 422 g/mol. The molecule has 3 rings (SSSR count). The fourth-order valence-electron chi connectivity index (χ4n) is 3.94. The molecule has 6 nitrogen and oxygen atoms in total. The highest BCUT2D eigenvalue weighted by Gasteiger charge is 2.49. The number of rotatable bonds is 6. The van der Waals surface area contributed by atoms with Gasteiger partial charge >= 0.3 is 6.09 Å². The summed E-state index contributed by atoms with van der Waals surface area (Å²) in [5.41, 5.74) is 1.19. The molecule has 3 atom stereocenters. The SMILES string of the molecule is C=CCOC(=O)N1C(Cc2csc3cncn23)CC(C(C)(C)C)C1O[SiH](C)C. The Balaban J connectivity index is 1.93. The summed E-state index contributed by atoms with van der Waals surface area (Å²) in [6.45, 7) is 14.8. The van der Waals surface area contributed by atoms with Gasteiger partial charge in [0.15, 0.2) is 9.04 Å². The van der Waals surface area contributed by atoms with Gasteiger partial charge in [0.25, 0.3) is 0 Å². The zero-order valence-electron chi connectivity index (χ0n) is 17.4. The van der Waals surface area contributed by atoms with Crippen molar-refractivity contribution in [2.24, 2.45) is 11.3 Å². The van der Waals surface area contributed by atoms with E-state index in [-0.39, 0.29) is 36.3 Å². The van der Waals surface area contributed by atoms with Crippen molar-refractivity contribution < 1.29 is 14.0 Å². The van der Waals surface area contributed by atoms with Crippen LogP contribution in [0.3, 0.4) is 0 Å². The average Bonchev–Trinajstić information content (AvgIpc) is 3.28. The highest BCUT2D eigenvalue weighted by atomic mass is 32.1. The van der Waals surface area contributed by atoms with Crippen molar-refractivity contribution in [3.63, 3.8) is 0 Å². The highest BCUT2D eigenvalue weighted by molar-refractivity contribution is 7.15. The van der Waals surface area contributed by atoms with Crippen LogP contribution in [-0.4, -0.2) is 48.3 Å². The molecular weight excluding hydrogens is 390 g/mol. The predicted molar refractivity (Wildman–Crippen MR) is 115 cm³/mol. The van der Waals surface area contributed by atoms with E-state index in [1.54, 1.807) is 17.4 Å². The van der Waals surface area contributed by atoms with Crippen LogP contribution in [0.1, 0.15) is 32.9 Å². The number of hydrogen-bond acceptors (Lipinski definition) is 5. The fraction of sp³-hybridized carbons (Fsp3) is 0.600. The summed E-state index contributed by atoms with van der Waals surface area (Å²) in [4.78, 5) is 20.2. The Kier molecular flexibility index (Phi) is 6.31. The molecule has 0 bridgehead atoms. The quantitative estimate of drug-likeness (QED) is 0.515. The maximum Gasteiger partial charge on any atom is 0.412 e. The molecule has 0 N–H and O–H groups in total. The van der Waals surface area contributed by atoms with Gasteiger partial charge in [0.2, 0.25) is 0 Å². The van der Waals surface area contributed by atoms with E-state index in [0.29, 0.717) is 0 Å². The Morgan fingerprint density at radius 3 is 2.86 bits per heavy atom. The molecule has 8 heteroatoms. The lowest BCUT2D eigenvalue weighted by atomic mass is 9.78. The summed E-state index contributed by atoms with van der Waals surface area (Å²) in [5.74, 6) is 0.251. The topological polar surface area (TPSA) is 56.1 Å². The van der Waals surface area contributed by atoms with Crippen LogP contribution in [-0.2, 0) is 15.6 Å². The van der Waals surface area contributed by atoms with Gasteiger partial charge in [-0.05, 0) is 24.9 Å². The molecule has 0 radical (unpaired) electrons. The summed E-state index contributed by atoms with van der Waals surface area (Å²) in [5, 5.41) is 2.15.